The van der Waals surface area contributed by atoms with Crippen molar-refractivity contribution in [1.29, 1.82) is 0 Å². The third-order valence-electron chi connectivity index (χ3n) is 1.53. The second-order valence-corrected chi connectivity index (χ2v) is 2.50. The Bertz CT molecular complexity index is 155. The number of ketones is 1. The van der Waals surface area contributed by atoms with Crippen LogP contribution < -0.4 is 0 Å². The maximum atomic E-state index is 10.9. The van der Waals surface area contributed by atoms with E-state index in [2.05, 4.69) is 5.92 Å². The fourth-order valence-corrected chi connectivity index (χ4v) is 0.684. The smallest absolute Gasteiger partial charge is 0.144 e. The first-order valence-corrected chi connectivity index (χ1v) is 3.68. The Labute approximate surface area is 67.9 Å². The SMILES string of the molecule is C#CCC(=O)CCC(C)OC. The number of terminal acetylenes is 1. The molecule has 0 fully saturated rings. The van der Waals surface area contributed by atoms with E-state index in [0.29, 0.717) is 6.42 Å². The van der Waals surface area contributed by atoms with Gasteiger partial charge in [-0.1, -0.05) is 5.92 Å². The van der Waals surface area contributed by atoms with E-state index in [-0.39, 0.29) is 18.3 Å². The molecule has 0 rings (SSSR count). The van der Waals surface area contributed by atoms with Crippen molar-refractivity contribution in [3.05, 3.63) is 0 Å². The van der Waals surface area contributed by atoms with Crippen LogP contribution in [0.25, 0.3) is 0 Å². The van der Waals surface area contributed by atoms with Gasteiger partial charge in [0.2, 0.25) is 0 Å². The Morgan fingerprint density at radius 3 is 2.82 bits per heavy atom. The molecule has 2 nitrogen and oxygen atoms in total. The van der Waals surface area contributed by atoms with Crippen molar-refractivity contribution >= 4 is 5.78 Å². The lowest BCUT2D eigenvalue weighted by molar-refractivity contribution is -0.118. The number of carbonyl (C=O) groups excluding carboxylic acids is 1. The van der Waals surface area contributed by atoms with Gasteiger partial charge in [-0.15, -0.1) is 6.42 Å². The van der Waals surface area contributed by atoms with E-state index in [1.165, 1.54) is 0 Å². The van der Waals surface area contributed by atoms with E-state index in [0.717, 1.165) is 6.42 Å². The van der Waals surface area contributed by atoms with Crippen LogP contribution in [0.3, 0.4) is 0 Å². The van der Waals surface area contributed by atoms with Crippen LogP contribution in [0, 0.1) is 12.3 Å². The van der Waals surface area contributed by atoms with Crippen molar-refractivity contribution in [2.45, 2.75) is 32.3 Å². The van der Waals surface area contributed by atoms with Crippen LogP contribution >= 0.6 is 0 Å². The maximum Gasteiger partial charge on any atom is 0.144 e. The van der Waals surface area contributed by atoms with E-state index in [1.807, 2.05) is 6.92 Å². The van der Waals surface area contributed by atoms with Crippen LogP contribution in [0.2, 0.25) is 0 Å². The monoisotopic (exact) mass is 154 g/mol. The summed E-state index contributed by atoms with van der Waals surface area (Å²) in [7, 11) is 1.64. The highest BCUT2D eigenvalue weighted by Gasteiger charge is 2.03. The normalized spacial score (nSPS) is 12.1. The van der Waals surface area contributed by atoms with E-state index >= 15 is 0 Å². The van der Waals surface area contributed by atoms with E-state index in [4.69, 9.17) is 11.2 Å². The summed E-state index contributed by atoms with van der Waals surface area (Å²) in [5.74, 6) is 2.44. The van der Waals surface area contributed by atoms with E-state index in [9.17, 15) is 4.79 Å². The molecule has 1 atom stereocenters. The van der Waals surface area contributed by atoms with Crippen molar-refractivity contribution in [2.75, 3.05) is 7.11 Å². The molecule has 0 bridgehead atoms. The fourth-order valence-electron chi connectivity index (χ4n) is 0.684. The summed E-state index contributed by atoms with van der Waals surface area (Å²) in [6.07, 6.45) is 6.65. The van der Waals surface area contributed by atoms with Crippen molar-refractivity contribution in [2.24, 2.45) is 0 Å². The number of rotatable bonds is 5. The molecule has 0 saturated heterocycles. The summed E-state index contributed by atoms with van der Waals surface area (Å²) in [5, 5.41) is 0. The molecule has 0 spiro atoms. The van der Waals surface area contributed by atoms with Gasteiger partial charge in [0.25, 0.3) is 0 Å². The van der Waals surface area contributed by atoms with E-state index < -0.39 is 0 Å². The van der Waals surface area contributed by atoms with Crippen LogP contribution in [0.15, 0.2) is 0 Å². The Kier molecular flexibility index (Phi) is 5.50. The molecule has 11 heavy (non-hydrogen) atoms. The molecule has 0 aromatic carbocycles. The van der Waals surface area contributed by atoms with Crippen molar-refractivity contribution in [3.63, 3.8) is 0 Å². The predicted octanol–water partition coefficient (Wildman–Crippen LogP) is 1.39. The van der Waals surface area contributed by atoms with Gasteiger partial charge in [-0.05, 0) is 13.3 Å². The molecule has 0 amide bonds. The lowest BCUT2D eigenvalue weighted by atomic mass is 10.1. The highest BCUT2D eigenvalue weighted by atomic mass is 16.5. The molecule has 62 valence electrons. The minimum Gasteiger partial charge on any atom is -0.382 e. The summed E-state index contributed by atoms with van der Waals surface area (Å²) in [6.45, 7) is 1.93. The number of hydrogen-bond donors (Lipinski definition) is 0. The Hall–Kier alpha value is -0.810. The number of Topliss-reactive ketones (excluding diaryl/α,β-unsaturated/α-hetero) is 1. The highest BCUT2D eigenvalue weighted by molar-refractivity contribution is 5.80. The second kappa shape index (κ2) is 5.94. The molecule has 0 aliphatic carbocycles. The third-order valence-corrected chi connectivity index (χ3v) is 1.53. The molecule has 0 aromatic heterocycles. The first-order chi connectivity index (χ1) is 5.20. The first-order valence-electron chi connectivity index (χ1n) is 3.68. The Morgan fingerprint density at radius 2 is 2.36 bits per heavy atom. The van der Waals surface area contributed by atoms with Crippen LogP contribution in [0.4, 0.5) is 0 Å². The molecular formula is C9H14O2. The summed E-state index contributed by atoms with van der Waals surface area (Å²) in [6, 6.07) is 0. The van der Waals surface area contributed by atoms with Crippen molar-refractivity contribution in [3.8, 4) is 12.3 Å². The number of carbonyl (C=O) groups is 1. The predicted molar refractivity (Wildman–Crippen MR) is 44.2 cm³/mol. The van der Waals surface area contributed by atoms with Gasteiger partial charge in [0.15, 0.2) is 0 Å². The average molecular weight is 154 g/mol. The second-order valence-electron chi connectivity index (χ2n) is 2.50. The quantitative estimate of drug-likeness (QED) is 0.559. The Balaban J connectivity index is 3.39. The van der Waals surface area contributed by atoms with Gasteiger partial charge < -0.3 is 4.74 Å². The van der Waals surface area contributed by atoms with E-state index in [1.54, 1.807) is 7.11 Å². The van der Waals surface area contributed by atoms with Crippen LogP contribution in [-0.2, 0) is 9.53 Å². The van der Waals surface area contributed by atoms with Gasteiger partial charge in [-0.3, -0.25) is 4.79 Å². The summed E-state index contributed by atoms with van der Waals surface area (Å²) in [4.78, 5) is 10.9. The first kappa shape index (κ1) is 10.2. The van der Waals surface area contributed by atoms with Crippen molar-refractivity contribution in [1.82, 2.24) is 0 Å². The van der Waals surface area contributed by atoms with Crippen LogP contribution in [0.1, 0.15) is 26.2 Å². The lowest BCUT2D eigenvalue weighted by Gasteiger charge is -2.06. The number of methoxy groups -OCH3 is 1. The molecule has 2 heteroatoms. The van der Waals surface area contributed by atoms with Crippen LogP contribution in [0.5, 0.6) is 0 Å². The van der Waals surface area contributed by atoms with Crippen LogP contribution in [-0.4, -0.2) is 19.0 Å². The topological polar surface area (TPSA) is 26.3 Å². The van der Waals surface area contributed by atoms with Gasteiger partial charge in [0, 0.05) is 13.5 Å². The van der Waals surface area contributed by atoms with Gasteiger partial charge in [0.05, 0.1) is 12.5 Å². The maximum absolute atomic E-state index is 10.9. The molecule has 0 aliphatic heterocycles. The zero-order valence-electron chi connectivity index (χ0n) is 7.09. The fraction of sp³-hybridized carbons (Fsp3) is 0.667. The molecule has 1 unspecified atom stereocenters. The van der Waals surface area contributed by atoms with Gasteiger partial charge in [-0.2, -0.15) is 0 Å². The highest BCUT2D eigenvalue weighted by Crippen LogP contribution is 2.01. The van der Waals surface area contributed by atoms with Gasteiger partial charge >= 0.3 is 0 Å². The summed E-state index contributed by atoms with van der Waals surface area (Å²) < 4.78 is 4.97. The van der Waals surface area contributed by atoms with Gasteiger partial charge in [-0.25, -0.2) is 0 Å². The minimum atomic E-state index is 0.122. The zero-order chi connectivity index (χ0) is 8.69. The largest absolute Gasteiger partial charge is 0.382 e. The van der Waals surface area contributed by atoms with Gasteiger partial charge in [0.1, 0.15) is 5.78 Å². The lowest BCUT2D eigenvalue weighted by Crippen LogP contribution is -2.07. The average Bonchev–Trinajstić information content (AvgIpc) is 2.01. The molecule has 0 saturated carbocycles. The zero-order valence-corrected chi connectivity index (χ0v) is 7.09. The number of hydrogen-bond acceptors (Lipinski definition) is 2. The summed E-state index contributed by atoms with van der Waals surface area (Å²) >= 11 is 0. The number of ether oxygens (including phenoxy) is 1. The minimum absolute atomic E-state index is 0.122. The molecule has 0 aromatic rings. The third kappa shape index (κ3) is 5.63. The molecular weight excluding hydrogens is 140 g/mol. The van der Waals surface area contributed by atoms with Crippen molar-refractivity contribution < 1.29 is 9.53 Å². The molecule has 0 aliphatic rings. The standard InChI is InChI=1S/C9H14O2/c1-4-5-9(10)7-6-8(2)11-3/h1,8H,5-7H2,2-3H3. The molecule has 0 heterocycles. The molecule has 0 radical (unpaired) electrons. The summed E-state index contributed by atoms with van der Waals surface area (Å²) in [5.41, 5.74) is 0. The molecule has 0 N–H and O–H groups in total. The Morgan fingerprint density at radius 1 is 1.73 bits per heavy atom.